The molecule has 2 heterocycles. The number of ether oxygens (including phenoxy) is 1. The molecule has 132 valence electrons. The fourth-order valence-electron chi connectivity index (χ4n) is 3.62. The van der Waals surface area contributed by atoms with Crippen LogP contribution in [0, 0.1) is 0 Å². The van der Waals surface area contributed by atoms with Gasteiger partial charge in [0.25, 0.3) is 0 Å². The monoisotopic (exact) mass is 332 g/mol. The summed E-state index contributed by atoms with van der Waals surface area (Å²) in [6.07, 6.45) is 3.64. The van der Waals surface area contributed by atoms with E-state index in [0.717, 1.165) is 25.2 Å². The number of anilines is 1. The molecule has 1 aliphatic heterocycles. The molecule has 0 N–H and O–H groups in total. The Hall–Kier alpha value is -1.85. The summed E-state index contributed by atoms with van der Waals surface area (Å²) in [7, 11) is 0. The highest BCUT2D eigenvalue weighted by molar-refractivity contribution is 5.69. The third kappa shape index (κ3) is 3.32. The van der Waals surface area contributed by atoms with Gasteiger partial charge in [-0.1, -0.05) is 6.92 Å². The van der Waals surface area contributed by atoms with Crippen molar-refractivity contribution in [3.8, 4) is 0 Å². The number of hydrogen-bond donors (Lipinski definition) is 0. The highest BCUT2D eigenvalue weighted by atomic mass is 16.6. The number of piperazine rings is 1. The second kappa shape index (κ2) is 6.22. The molecule has 1 aromatic rings. The Labute approximate surface area is 144 Å². The standard InChI is InChI=1S/C18H28N4O2/c1-12-6-7-14-15(12)16(20-11-19-14)22-9-8-21(10-13(22)2)17(23)24-18(3,4)5/h11-13H,6-10H2,1-5H3/t12-,13?/m1/s1. The fourth-order valence-corrected chi connectivity index (χ4v) is 3.62. The zero-order chi connectivity index (χ0) is 17.5. The normalized spacial score (nSPS) is 24.0. The fraction of sp³-hybridized carbons (Fsp3) is 0.722. The van der Waals surface area contributed by atoms with E-state index in [4.69, 9.17) is 4.74 Å². The summed E-state index contributed by atoms with van der Waals surface area (Å²) >= 11 is 0. The number of rotatable bonds is 1. The minimum atomic E-state index is -0.458. The zero-order valence-corrected chi connectivity index (χ0v) is 15.4. The van der Waals surface area contributed by atoms with Gasteiger partial charge < -0.3 is 14.5 Å². The second-order valence-electron chi connectivity index (χ2n) is 7.97. The van der Waals surface area contributed by atoms with Crippen LogP contribution in [0.1, 0.15) is 58.2 Å². The van der Waals surface area contributed by atoms with Crippen molar-refractivity contribution in [1.29, 1.82) is 0 Å². The molecule has 2 aliphatic rings. The predicted molar refractivity (Wildman–Crippen MR) is 93.4 cm³/mol. The summed E-state index contributed by atoms with van der Waals surface area (Å²) in [6.45, 7) is 12.2. The van der Waals surface area contributed by atoms with E-state index in [-0.39, 0.29) is 12.1 Å². The molecule has 0 aromatic carbocycles. The van der Waals surface area contributed by atoms with Gasteiger partial charge in [0.15, 0.2) is 0 Å². The van der Waals surface area contributed by atoms with Crippen LogP contribution in [-0.4, -0.2) is 52.2 Å². The maximum atomic E-state index is 12.3. The van der Waals surface area contributed by atoms with Crippen LogP contribution in [0.2, 0.25) is 0 Å². The lowest BCUT2D eigenvalue weighted by molar-refractivity contribution is 0.0218. The van der Waals surface area contributed by atoms with Gasteiger partial charge in [0.05, 0.1) is 0 Å². The quantitative estimate of drug-likeness (QED) is 0.791. The highest BCUT2D eigenvalue weighted by Crippen LogP contribution is 2.38. The van der Waals surface area contributed by atoms with Gasteiger partial charge in [-0.05, 0) is 46.5 Å². The summed E-state index contributed by atoms with van der Waals surface area (Å²) in [6, 6.07) is 0.207. The smallest absolute Gasteiger partial charge is 0.410 e. The summed E-state index contributed by atoms with van der Waals surface area (Å²) in [5, 5.41) is 0. The van der Waals surface area contributed by atoms with Crippen LogP contribution >= 0.6 is 0 Å². The van der Waals surface area contributed by atoms with Crippen LogP contribution in [0.4, 0.5) is 10.6 Å². The first kappa shape index (κ1) is 17.0. The first-order chi connectivity index (χ1) is 11.3. The summed E-state index contributed by atoms with van der Waals surface area (Å²) < 4.78 is 5.50. The average Bonchev–Trinajstić information content (AvgIpc) is 2.87. The number of aromatic nitrogens is 2. The van der Waals surface area contributed by atoms with Crippen LogP contribution in [0.3, 0.4) is 0 Å². The van der Waals surface area contributed by atoms with Crippen LogP contribution in [-0.2, 0) is 11.2 Å². The lowest BCUT2D eigenvalue weighted by atomic mass is 10.0. The summed E-state index contributed by atoms with van der Waals surface area (Å²) in [5.74, 6) is 1.56. The molecule has 3 rings (SSSR count). The van der Waals surface area contributed by atoms with Crippen molar-refractivity contribution in [3.63, 3.8) is 0 Å². The first-order valence-corrected chi connectivity index (χ1v) is 8.84. The van der Waals surface area contributed by atoms with E-state index in [1.807, 2.05) is 20.8 Å². The molecule has 1 amide bonds. The molecule has 0 bridgehead atoms. The number of amides is 1. The number of fused-ring (bicyclic) bond motifs is 1. The van der Waals surface area contributed by atoms with Gasteiger partial charge in [-0.2, -0.15) is 0 Å². The predicted octanol–water partition coefficient (Wildman–Crippen LogP) is 2.97. The molecule has 6 nitrogen and oxygen atoms in total. The molecule has 6 heteroatoms. The number of carbonyl (C=O) groups excluding carboxylic acids is 1. The van der Waals surface area contributed by atoms with Crippen molar-refractivity contribution in [2.45, 2.75) is 65.0 Å². The van der Waals surface area contributed by atoms with Gasteiger partial charge in [-0.25, -0.2) is 14.8 Å². The number of aryl methyl sites for hydroxylation is 1. The van der Waals surface area contributed by atoms with E-state index < -0.39 is 5.60 Å². The van der Waals surface area contributed by atoms with Crippen LogP contribution in [0.5, 0.6) is 0 Å². The third-order valence-electron chi connectivity index (χ3n) is 4.80. The first-order valence-electron chi connectivity index (χ1n) is 8.84. The number of carbonyl (C=O) groups is 1. The van der Waals surface area contributed by atoms with Gasteiger partial charge >= 0.3 is 6.09 Å². The van der Waals surface area contributed by atoms with Crippen LogP contribution in [0.15, 0.2) is 6.33 Å². The molecule has 1 unspecified atom stereocenters. The van der Waals surface area contributed by atoms with Crippen molar-refractivity contribution in [1.82, 2.24) is 14.9 Å². The molecule has 2 atom stereocenters. The highest BCUT2D eigenvalue weighted by Gasteiger charge is 2.33. The minimum absolute atomic E-state index is 0.207. The van der Waals surface area contributed by atoms with Crippen LogP contribution in [0.25, 0.3) is 0 Å². The molecule has 1 fully saturated rings. The van der Waals surface area contributed by atoms with Gasteiger partial charge in [0.2, 0.25) is 0 Å². The van der Waals surface area contributed by atoms with Crippen molar-refractivity contribution in [2.75, 3.05) is 24.5 Å². The van der Waals surface area contributed by atoms with Gasteiger partial charge in [-0.3, -0.25) is 0 Å². The maximum absolute atomic E-state index is 12.3. The molecule has 1 saturated heterocycles. The van der Waals surface area contributed by atoms with E-state index in [2.05, 4.69) is 28.7 Å². The van der Waals surface area contributed by atoms with Crippen LogP contribution < -0.4 is 4.90 Å². The molecular formula is C18H28N4O2. The molecular weight excluding hydrogens is 304 g/mol. The molecule has 0 radical (unpaired) electrons. The lowest BCUT2D eigenvalue weighted by Gasteiger charge is -2.41. The second-order valence-corrected chi connectivity index (χ2v) is 7.97. The van der Waals surface area contributed by atoms with Crippen molar-refractivity contribution in [2.24, 2.45) is 0 Å². The van der Waals surface area contributed by atoms with E-state index in [1.165, 1.54) is 11.3 Å². The molecule has 24 heavy (non-hydrogen) atoms. The Morgan fingerprint density at radius 2 is 2.00 bits per heavy atom. The van der Waals surface area contributed by atoms with Gasteiger partial charge in [-0.15, -0.1) is 0 Å². The van der Waals surface area contributed by atoms with E-state index >= 15 is 0 Å². The van der Waals surface area contributed by atoms with Crippen molar-refractivity contribution >= 4 is 11.9 Å². The summed E-state index contributed by atoms with van der Waals surface area (Å²) in [5.41, 5.74) is 2.03. The van der Waals surface area contributed by atoms with E-state index in [1.54, 1.807) is 11.2 Å². The van der Waals surface area contributed by atoms with Gasteiger partial charge in [0.1, 0.15) is 17.7 Å². The Bertz CT molecular complexity index is 626. The van der Waals surface area contributed by atoms with E-state index in [0.29, 0.717) is 19.0 Å². The Balaban J connectivity index is 1.74. The molecule has 0 saturated carbocycles. The zero-order valence-electron chi connectivity index (χ0n) is 15.4. The topological polar surface area (TPSA) is 58.6 Å². The van der Waals surface area contributed by atoms with E-state index in [9.17, 15) is 4.79 Å². The maximum Gasteiger partial charge on any atom is 0.410 e. The lowest BCUT2D eigenvalue weighted by Crippen LogP contribution is -2.55. The third-order valence-corrected chi connectivity index (χ3v) is 4.80. The minimum Gasteiger partial charge on any atom is -0.444 e. The summed E-state index contributed by atoms with van der Waals surface area (Å²) in [4.78, 5) is 25.5. The Morgan fingerprint density at radius 3 is 2.67 bits per heavy atom. The SMILES string of the molecule is CC1CN(C(=O)OC(C)(C)C)CCN1c1ncnc2c1[C@H](C)CC2. The number of hydrogen-bond acceptors (Lipinski definition) is 5. The van der Waals surface area contributed by atoms with Crippen molar-refractivity contribution in [3.05, 3.63) is 17.6 Å². The number of nitrogens with zero attached hydrogens (tertiary/aromatic N) is 4. The Morgan fingerprint density at radius 1 is 1.25 bits per heavy atom. The van der Waals surface area contributed by atoms with Crippen molar-refractivity contribution < 1.29 is 9.53 Å². The molecule has 1 aliphatic carbocycles. The largest absolute Gasteiger partial charge is 0.444 e. The Kier molecular flexibility index (Phi) is 4.40. The average molecular weight is 332 g/mol. The molecule has 0 spiro atoms. The molecule has 1 aromatic heterocycles. The van der Waals surface area contributed by atoms with Gasteiger partial charge in [0, 0.05) is 36.9 Å².